The SMILES string of the molecule is CCN(CC1CCCNC1)S(=O)(=O)/C=C/c1ccccc1. The predicted molar refractivity (Wildman–Crippen MR) is 87.2 cm³/mol. The van der Waals surface area contributed by atoms with Crippen molar-refractivity contribution in [3.05, 3.63) is 41.3 Å². The first-order chi connectivity index (χ1) is 10.1. The molecule has 5 heteroatoms. The van der Waals surface area contributed by atoms with Crippen LogP contribution in [0.3, 0.4) is 0 Å². The van der Waals surface area contributed by atoms with E-state index in [2.05, 4.69) is 5.32 Å². The van der Waals surface area contributed by atoms with Crippen molar-refractivity contribution in [2.75, 3.05) is 26.2 Å². The van der Waals surface area contributed by atoms with Gasteiger partial charge in [0.2, 0.25) is 10.0 Å². The van der Waals surface area contributed by atoms with E-state index in [1.54, 1.807) is 10.4 Å². The number of hydrogen-bond donors (Lipinski definition) is 1. The third-order valence-corrected chi connectivity index (χ3v) is 5.41. The van der Waals surface area contributed by atoms with Gasteiger partial charge in [-0.15, -0.1) is 0 Å². The summed E-state index contributed by atoms with van der Waals surface area (Å²) in [4.78, 5) is 0. The lowest BCUT2D eigenvalue weighted by atomic mass is 10.00. The Balaban J connectivity index is 2.03. The first-order valence-corrected chi connectivity index (χ1v) is 9.06. The first-order valence-electron chi connectivity index (χ1n) is 7.56. The van der Waals surface area contributed by atoms with E-state index in [0.29, 0.717) is 19.0 Å². The molecule has 0 aromatic heterocycles. The maximum atomic E-state index is 12.4. The van der Waals surface area contributed by atoms with Crippen LogP contribution in [-0.2, 0) is 10.0 Å². The Morgan fingerprint density at radius 1 is 1.33 bits per heavy atom. The highest BCUT2D eigenvalue weighted by Gasteiger charge is 2.22. The molecule has 21 heavy (non-hydrogen) atoms. The van der Waals surface area contributed by atoms with Gasteiger partial charge in [-0.3, -0.25) is 0 Å². The van der Waals surface area contributed by atoms with Gasteiger partial charge in [0.15, 0.2) is 0 Å². The van der Waals surface area contributed by atoms with Crippen molar-refractivity contribution in [1.82, 2.24) is 9.62 Å². The minimum atomic E-state index is -3.35. The van der Waals surface area contributed by atoms with Gasteiger partial charge in [-0.2, -0.15) is 4.31 Å². The molecule has 0 bridgehead atoms. The third-order valence-electron chi connectivity index (χ3n) is 3.81. The Kier molecular flexibility index (Phi) is 5.96. The molecule has 4 nitrogen and oxygen atoms in total. The number of benzene rings is 1. The molecule has 1 N–H and O–H groups in total. The van der Waals surface area contributed by atoms with E-state index in [0.717, 1.165) is 31.5 Å². The summed E-state index contributed by atoms with van der Waals surface area (Å²) in [6.07, 6.45) is 3.89. The van der Waals surface area contributed by atoms with Gasteiger partial charge in [-0.05, 0) is 43.5 Å². The quantitative estimate of drug-likeness (QED) is 0.877. The minimum absolute atomic E-state index is 0.415. The highest BCUT2D eigenvalue weighted by molar-refractivity contribution is 7.92. The molecule has 1 saturated heterocycles. The molecule has 1 unspecified atom stereocenters. The molecule has 1 aromatic carbocycles. The van der Waals surface area contributed by atoms with Gasteiger partial charge in [0.25, 0.3) is 0 Å². The second-order valence-corrected chi connectivity index (χ2v) is 7.24. The average Bonchev–Trinajstić information content (AvgIpc) is 2.52. The van der Waals surface area contributed by atoms with Crippen LogP contribution in [0.4, 0.5) is 0 Å². The zero-order chi connectivity index (χ0) is 15.1. The number of piperidine rings is 1. The van der Waals surface area contributed by atoms with Crippen LogP contribution in [0, 0.1) is 5.92 Å². The predicted octanol–water partition coefficient (Wildman–Crippen LogP) is 2.31. The van der Waals surface area contributed by atoms with Crippen molar-refractivity contribution < 1.29 is 8.42 Å². The molecule has 0 spiro atoms. The zero-order valence-corrected chi connectivity index (χ0v) is 13.3. The fourth-order valence-corrected chi connectivity index (χ4v) is 3.88. The molecule has 1 aromatic rings. The topological polar surface area (TPSA) is 49.4 Å². The molecule has 0 amide bonds. The van der Waals surface area contributed by atoms with E-state index in [1.165, 1.54) is 5.41 Å². The summed E-state index contributed by atoms with van der Waals surface area (Å²) in [6.45, 7) is 4.96. The Morgan fingerprint density at radius 3 is 2.71 bits per heavy atom. The minimum Gasteiger partial charge on any atom is -0.316 e. The summed E-state index contributed by atoms with van der Waals surface area (Å²) >= 11 is 0. The number of nitrogens with zero attached hydrogens (tertiary/aromatic N) is 1. The summed E-state index contributed by atoms with van der Waals surface area (Å²) in [6, 6.07) is 9.51. The molecule has 1 aliphatic heterocycles. The van der Waals surface area contributed by atoms with Gasteiger partial charge in [0.1, 0.15) is 0 Å². The lowest BCUT2D eigenvalue weighted by Gasteiger charge is -2.28. The summed E-state index contributed by atoms with van der Waals surface area (Å²) in [5, 5.41) is 4.66. The summed E-state index contributed by atoms with van der Waals surface area (Å²) in [5.74, 6) is 0.415. The smallest absolute Gasteiger partial charge is 0.236 e. The standard InChI is InChI=1S/C16H24N2O2S/c1-2-18(14-16-9-6-11-17-13-16)21(19,20)12-10-15-7-4-3-5-8-15/h3-5,7-8,10,12,16-17H,2,6,9,11,13-14H2,1H3/b12-10+. The van der Waals surface area contributed by atoms with E-state index < -0.39 is 10.0 Å². The van der Waals surface area contributed by atoms with Crippen molar-refractivity contribution in [1.29, 1.82) is 0 Å². The molecule has 116 valence electrons. The zero-order valence-electron chi connectivity index (χ0n) is 12.5. The highest BCUT2D eigenvalue weighted by Crippen LogP contribution is 2.15. The van der Waals surface area contributed by atoms with Crippen LogP contribution < -0.4 is 5.32 Å². The van der Waals surface area contributed by atoms with Gasteiger partial charge in [-0.25, -0.2) is 8.42 Å². The third kappa shape index (κ3) is 4.95. The van der Waals surface area contributed by atoms with Crippen molar-refractivity contribution in [2.45, 2.75) is 19.8 Å². The molecule has 0 aliphatic carbocycles. The first kappa shape index (κ1) is 16.2. The maximum Gasteiger partial charge on any atom is 0.236 e. The van der Waals surface area contributed by atoms with E-state index in [1.807, 2.05) is 37.3 Å². The van der Waals surface area contributed by atoms with Crippen LogP contribution >= 0.6 is 0 Å². The van der Waals surface area contributed by atoms with Crippen molar-refractivity contribution >= 4 is 16.1 Å². The van der Waals surface area contributed by atoms with Gasteiger partial charge < -0.3 is 5.32 Å². The second-order valence-electron chi connectivity index (χ2n) is 5.42. The summed E-state index contributed by atoms with van der Waals surface area (Å²) in [7, 11) is -3.35. The van der Waals surface area contributed by atoms with Gasteiger partial charge in [0.05, 0.1) is 0 Å². The van der Waals surface area contributed by atoms with Gasteiger partial charge in [0, 0.05) is 18.5 Å². The second kappa shape index (κ2) is 7.73. The van der Waals surface area contributed by atoms with Crippen molar-refractivity contribution in [3.8, 4) is 0 Å². The summed E-state index contributed by atoms with van der Waals surface area (Å²) < 4.78 is 26.4. The van der Waals surface area contributed by atoms with E-state index in [4.69, 9.17) is 0 Å². The van der Waals surface area contributed by atoms with E-state index >= 15 is 0 Å². The van der Waals surface area contributed by atoms with Crippen molar-refractivity contribution in [2.24, 2.45) is 5.92 Å². The maximum absolute atomic E-state index is 12.4. The molecular formula is C16H24N2O2S. The number of sulfonamides is 1. The Hall–Kier alpha value is -1.17. The van der Waals surface area contributed by atoms with Gasteiger partial charge in [-0.1, -0.05) is 37.3 Å². The number of hydrogen-bond acceptors (Lipinski definition) is 3. The molecule has 0 saturated carbocycles. The van der Waals surface area contributed by atoms with Crippen LogP contribution in [0.1, 0.15) is 25.3 Å². The molecular weight excluding hydrogens is 284 g/mol. The Morgan fingerprint density at radius 2 is 2.10 bits per heavy atom. The summed E-state index contributed by atoms with van der Waals surface area (Å²) in [5.41, 5.74) is 0.900. The fourth-order valence-electron chi connectivity index (χ4n) is 2.60. The number of rotatable bonds is 6. The van der Waals surface area contributed by atoms with Crippen LogP contribution in [0.25, 0.3) is 6.08 Å². The molecule has 1 atom stereocenters. The van der Waals surface area contributed by atoms with E-state index in [9.17, 15) is 8.42 Å². The Labute approximate surface area is 127 Å². The fraction of sp³-hybridized carbons (Fsp3) is 0.500. The van der Waals surface area contributed by atoms with Gasteiger partial charge >= 0.3 is 0 Å². The van der Waals surface area contributed by atoms with Crippen LogP contribution in [0.15, 0.2) is 35.7 Å². The lowest BCUT2D eigenvalue weighted by molar-refractivity contribution is 0.299. The normalized spacial score (nSPS) is 20.2. The monoisotopic (exact) mass is 308 g/mol. The molecule has 1 fully saturated rings. The van der Waals surface area contributed by atoms with E-state index in [-0.39, 0.29) is 0 Å². The molecule has 1 aliphatic rings. The lowest BCUT2D eigenvalue weighted by Crippen LogP contribution is -2.40. The molecule has 0 radical (unpaired) electrons. The Bertz CT molecular complexity index is 549. The van der Waals surface area contributed by atoms with Crippen LogP contribution in [0.5, 0.6) is 0 Å². The highest BCUT2D eigenvalue weighted by atomic mass is 32.2. The molecule has 2 rings (SSSR count). The average molecular weight is 308 g/mol. The van der Waals surface area contributed by atoms with Crippen LogP contribution in [0.2, 0.25) is 0 Å². The molecule has 1 heterocycles. The number of nitrogens with one attached hydrogen (secondary N) is 1. The van der Waals surface area contributed by atoms with Crippen LogP contribution in [-0.4, -0.2) is 38.9 Å². The largest absolute Gasteiger partial charge is 0.316 e. The van der Waals surface area contributed by atoms with Crippen molar-refractivity contribution in [3.63, 3.8) is 0 Å².